The van der Waals surface area contributed by atoms with E-state index >= 15 is 0 Å². The molecule has 1 aromatic heterocycles. The largest absolute Gasteiger partial charge is 0.508 e. The van der Waals surface area contributed by atoms with Crippen molar-refractivity contribution in [3.63, 3.8) is 0 Å². The monoisotopic (exact) mass is 282 g/mol. The van der Waals surface area contributed by atoms with Crippen LogP contribution in [-0.4, -0.2) is 28.9 Å². The molecule has 0 saturated carbocycles. The number of aromatic hydroxyl groups is 1. The van der Waals surface area contributed by atoms with Crippen LogP contribution in [-0.2, 0) is 0 Å². The van der Waals surface area contributed by atoms with E-state index in [1.807, 2.05) is 6.07 Å². The van der Waals surface area contributed by atoms with Gasteiger partial charge in [-0.3, -0.25) is 5.41 Å². The normalized spacial score (nSPS) is 14.4. The smallest absolute Gasteiger partial charge is 0.129 e. The predicted octanol–water partition coefficient (Wildman–Crippen LogP) is 2.39. The summed E-state index contributed by atoms with van der Waals surface area (Å²) >= 11 is 0. The number of phenolic OH excluding ortho intramolecular Hbond substituents is 1. The summed E-state index contributed by atoms with van der Waals surface area (Å²) in [5.74, 6) is 1.01. The Hall–Kier alpha value is -2.56. The summed E-state index contributed by atoms with van der Waals surface area (Å²) < 4.78 is 0. The Labute approximate surface area is 123 Å². The minimum atomic E-state index is 0.109. The van der Waals surface area contributed by atoms with Gasteiger partial charge >= 0.3 is 0 Å². The maximum Gasteiger partial charge on any atom is 0.129 e. The number of rotatable bonds is 3. The van der Waals surface area contributed by atoms with Gasteiger partial charge in [0.25, 0.3) is 0 Å². The summed E-state index contributed by atoms with van der Waals surface area (Å²) in [4.78, 5) is 6.61. The van der Waals surface area contributed by atoms with Crippen molar-refractivity contribution in [1.29, 1.82) is 5.41 Å². The van der Waals surface area contributed by atoms with E-state index in [0.29, 0.717) is 17.0 Å². The van der Waals surface area contributed by atoms with Crippen LogP contribution in [0.1, 0.15) is 24.0 Å². The molecule has 3 rings (SSSR count). The van der Waals surface area contributed by atoms with Gasteiger partial charge < -0.3 is 15.7 Å². The SMILES string of the molecule is N=C(c1ccnc(N2CCCC2)c1)c1cc(O)ccc1N. The molecule has 0 radical (unpaired) electrons. The Morgan fingerprint density at radius 1 is 1.19 bits per heavy atom. The Kier molecular flexibility index (Phi) is 3.48. The zero-order valence-corrected chi connectivity index (χ0v) is 11.7. The number of hydrogen-bond donors (Lipinski definition) is 3. The molecule has 0 amide bonds. The predicted molar refractivity (Wildman–Crippen MR) is 84.1 cm³/mol. The molecule has 2 heterocycles. The van der Waals surface area contributed by atoms with Gasteiger partial charge in [0.2, 0.25) is 0 Å². The third-order valence-electron chi connectivity index (χ3n) is 3.77. The van der Waals surface area contributed by atoms with Crippen molar-refractivity contribution in [2.24, 2.45) is 0 Å². The number of nitrogens with two attached hydrogens (primary N) is 1. The minimum absolute atomic E-state index is 0.109. The minimum Gasteiger partial charge on any atom is -0.508 e. The Balaban J connectivity index is 1.94. The maximum absolute atomic E-state index is 9.59. The van der Waals surface area contributed by atoms with E-state index in [-0.39, 0.29) is 5.75 Å². The molecular weight excluding hydrogens is 264 g/mol. The summed E-state index contributed by atoms with van der Waals surface area (Å²) in [6.45, 7) is 2.02. The van der Waals surface area contributed by atoms with Crippen LogP contribution in [0.25, 0.3) is 0 Å². The van der Waals surface area contributed by atoms with E-state index in [1.165, 1.54) is 25.0 Å². The van der Waals surface area contributed by atoms with Gasteiger partial charge in [0, 0.05) is 36.1 Å². The number of anilines is 2. The van der Waals surface area contributed by atoms with Gasteiger partial charge in [-0.1, -0.05) is 0 Å². The molecule has 5 nitrogen and oxygen atoms in total. The fraction of sp³-hybridized carbons (Fsp3) is 0.250. The second-order valence-electron chi connectivity index (χ2n) is 5.24. The summed E-state index contributed by atoms with van der Waals surface area (Å²) in [7, 11) is 0. The van der Waals surface area contributed by atoms with E-state index in [1.54, 1.807) is 18.3 Å². The average molecular weight is 282 g/mol. The van der Waals surface area contributed by atoms with Crippen LogP contribution >= 0.6 is 0 Å². The molecule has 1 aliphatic rings. The number of pyridine rings is 1. The Morgan fingerprint density at radius 3 is 2.71 bits per heavy atom. The second kappa shape index (κ2) is 5.44. The lowest BCUT2D eigenvalue weighted by atomic mass is 10.0. The molecule has 0 unspecified atom stereocenters. The second-order valence-corrected chi connectivity index (χ2v) is 5.24. The summed E-state index contributed by atoms with van der Waals surface area (Å²) in [5, 5.41) is 17.9. The first-order valence-electron chi connectivity index (χ1n) is 7.04. The van der Waals surface area contributed by atoms with Gasteiger partial charge in [-0.2, -0.15) is 0 Å². The number of nitrogens with zero attached hydrogens (tertiary/aromatic N) is 2. The number of aromatic nitrogens is 1. The zero-order chi connectivity index (χ0) is 14.8. The summed E-state index contributed by atoms with van der Waals surface area (Å²) in [6, 6.07) is 8.37. The highest BCUT2D eigenvalue weighted by atomic mass is 16.3. The third kappa shape index (κ3) is 2.67. The molecule has 108 valence electrons. The number of phenols is 1. The lowest BCUT2D eigenvalue weighted by molar-refractivity contribution is 0.475. The molecule has 1 fully saturated rings. The summed E-state index contributed by atoms with van der Waals surface area (Å²) in [5.41, 5.74) is 7.98. The molecule has 2 aromatic rings. The zero-order valence-electron chi connectivity index (χ0n) is 11.7. The Morgan fingerprint density at radius 2 is 1.95 bits per heavy atom. The van der Waals surface area contributed by atoms with Crippen molar-refractivity contribution in [2.75, 3.05) is 23.7 Å². The van der Waals surface area contributed by atoms with Gasteiger partial charge in [-0.25, -0.2) is 4.98 Å². The van der Waals surface area contributed by atoms with Gasteiger partial charge in [0.1, 0.15) is 11.6 Å². The standard InChI is InChI=1S/C16H18N4O/c17-14-4-3-12(21)10-13(14)16(18)11-5-6-19-15(9-11)20-7-1-2-8-20/h3-6,9-10,18,21H,1-2,7-8,17H2. The number of benzene rings is 1. The van der Waals surface area contributed by atoms with Crippen LogP contribution in [0.2, 0.25) is 0 Å². The molecule has 1 saturated heterocycles. The maximum atomic E-state index is 9.59. The van der Waals surface area contributed by atoms with E-state index in [0.717, 1.165) is 24.5 Å². The third-order valence-corrected chi connectivity index (χ3v) is 3.77. The van der Waals surface area contributed by atoms with E-state index in [4.69, 9.17) is 11.1 Å². The van der Waals surface area contributed by atoms with Gasteiger partial charge in [-0.15, -0.1) is 0 Å². The van der Waals surface area contributed by atoms with Crippen LogP contribution in [0, 0.1) is 5.41 Å². The van der Waals surface area contributed by atoms with Crippen molar-refractivity contribution in [3.05, 3.63) is 47.7 Å². The van der Waals surface area contributed by atoms with Crippen molar-refractivity contribution in [1.82, 2.24) is 4.98 Å². The highest BCUT2D eigenvalue weighted by Crippen LogP contribution is 2.24. The highest BCUT2D eigenvalue weighted by molar-refractivity contribution is 6.14. The van der Waals surface area contributed by atoms with E-state index in [2.05, 4.69) is 9.88 Å². The lowest BCUT2D eigenvalue weighted by Gasteiger charge is -2.17. The van der Waals surface area contributed by atoms with Gasteiger partial charge in [0.15, 0.2) is 0 Å². The summed E-state index contributed by atoms with van der Waals surface area (Å²) in [6.07, 6.45) is 4.09. The first-order valence-corrected chi connectivity index (χ1v) is 7.04. The van der Waals surface area contributed by atoms with Crippen LogP contribution in [0.3, 0.4) is 0 Å². The molecular formula is C16H18N4O. The first-order chi connectivity index (χ1) is 10.1. The molecule has 4 N–H and O–H groups in total. The van der Waals surface area contributed by atoms with Crippen molar-refractivity contribution >= 4 is 17.2 Å². The molecule has 5 heteroatoms. The van der Waals surface area contributed by atoms with Crippen molar-refractivity contribution < 1.29 is 5.11 Å². The van der Waals surface area contributed by atoms with Crippen LogP contribution < -0.4 is 10.6 Å². The fourth-order valence-corrected chi connectivity index (χ4v) is 2.61. The molecule has 0 atom stereocenters. The number of nitrogens with one attached hydrogen (secondary N) is 1. The van der Waals surface area contributed by atoms with Gasteiger partial charge in [0.05, 0.1) is 5.71 Å². The van der Waals surface area contributed by atoms with Gasteiger partial charge in [-0.05, 0) is 43.2 Å². The number of nitrogen functional groups attached to an aromatic ring is 1. The van der Waals surface area contributed by atoms with Crippen LogP contribution in [0.15, 0.2) is 36.5 Å². The van der Waals surface area contributed by atoms with E-state index < -0.39 is 0 Å². The van der Waals surface area contributed by atoms with Crippen LogP contribution in [0.4, 0.5) is 11.5 Å². The molecule has 21 heavy (non-hydrogen) atoms. The van der Waals surface area contributed by atoms with E-state index in [9.17, 15) is 5.11 Å². The topological polar surface area (TPSA) is 86.2 Å². The Bertz CT molecular complexity index is 678. The van der Waals surface area contributed by atoms with Crippen LogP contribution in [0.5, 0.6) is 5.75 Å². The fourth-order valence-electron chi connectivity index (χ4n) is 2.61. The lowest BCUT2D eigenvalue weighted by Crippen LogP contribution is -2.19. The van der Waals surface area contributed by atoms with Crippen molar-refractivity contribution in [3.8, 4) is 5.75 Å². The molecule has 0 bridgehead atoms. The number of hydrogen-bond acceptors (Lipinski definition) is 5. The molecule has 1 aromatic carbocycles. The average Bonchev–Trinajstić information content (AvgIpc) is 3.03. The molecule has 1 aliphatic heterocycles. The quantitative estimate of drug-likeness (QED) is 0.458. The highest BCUT2D eigenvalue weighted by Gasteiger charge is 2.16. The molecule has 0 aliphatic carbocycles. The van der Waals surface area contributed by atoms with Crippen molar-refractivity contribution in [2.45, 2.75) is 12.8 Å². The molecule has 0 spiro atoms. The first kappa shape index (κ1) is 13.4.